The van der Waals surface area contributed by atoms with Crippen LogP contribution < -0.4 is 10.5 Å². The van der Waals surface area contributed by atoms with Gasteiger partial charge < -0.3 is 5.73 Å². The summed E-state index contributed by atoms with van der Waals surface area (Å²) in [4.78, 5) is 0. The van der Waals surface area contributed by atoms with Gasteiger partial charge in [-0.1, -0.05) is 12.7 Å². The van der Waals surface area contributed by atoms with E-state index in [-0.39, 0.29) is 6.54 Å². The number of nitrogens with one attached hydrogen (secondary N) is 1. The standard InChI is InChI=1S/C6H12N2O3S/c1-3-5-8-12(9,10)11-6(7)4-2/h3-4,6,8H,1-2,5,7H2. The Morgan fingerprint density at radius 1 is 1.58 bits per heavy atom. The molecule has 0 aliphatic heterocycles. The molecule has 0 aromatic rings. The lowest BCUT2D eigenvalue weighted by atomic mass is 10.6. The molecule has 0 radical (unpaired) electrons. The fraction of sp³-hybridized carbons (Fsp3) is 0.333. The first-order valence-electron chi connectivity index (χ1n) is 3.18. The van der Waals surface area contributed by atoms with Gasteiger partial charge in [-0.3, -0.25) is 0 Å². The molecule has 0 heterocycles. The summed E-state index contributed by atoms with van der Waals surface area (Å²) in [5.41, 5.74) is 5.15. The molecule has 0 rings (SSSR count). The van der Waals surface area contributed by atoms with Crippen LogP contribution in [-0.2, 0) is 14.5 Å². The number of hydrogen-bond donors (Lipinski definition) is 2. The molecule has 0 amide bonds. The second-order valence-corrected chi connectivity index (χ2v) is 3.28. The van der Waals surface area contributed by atoms with Gasteiger partial charge in [0.2, 0.25) is 0 Å². The molecule has 1 unspecified atom stereocenters. The van der Waals surface area contributed by atoms with E-state index in [4.69, 9.17) is 5.73 Å². The van der Waals surface area contributed by atoms with E-state index in [0.29, 0.717) is 0 Å². The molecule has 0 aromatic carbocycles. The van der Waals surface area contributed by atoms with Crippen LogP contribution in [0.25, 0.3) is 0 Å². The van der Waals surface area contributed by atoms with Crippen LogP contribution in [0, 0.1) is 0 Å². The Kier molecular flexibility index (Phi) is 4.75. The monoisotopic (exact) mass is 192 g/mol. The van der Waals surface area contributed by atoms with Gasteiger partial charge in [0.1, 0.15) is 6.23 Å². The number of hydrogen-bond acceptors (Lipinski definition) is 4. The topological polar surface area (TPSA) is 81.4 Å². The highest BCUT2D eigenvalue weighted by Gasteiger charge is 2.11. The Morgan fingerprint density at radius 2 is 2.17 bits per heavy atom. The molecule has 12 heavy (non-hydrogen) atoms. The summed E-state index contributed by atoms with van der Waals surface area (Å²) >= 11 is 0. The summed E-state index contributed by atoms with van der Waals surface area (Å²) in [5.74, 6) is 0. The predicted octanol–water partition coefficient (Wildman–Crippen LogP) is -0.506. The average molecular weight is 192 g/mol. The summed E-state index contributed by atoms with van der Waals surface area (Å²) in [6.45, 7) is 6.70. The normalized spacial score (nSPS) is 13.8. The third-order valence-electron chi connectivity index (χ3n) is 0.875. The van der Waals surface area contributed by atoms with E-state index >= 15 is 0 Å². The minimum Gasteiger partial charge on any atom is -0.302 e. The maximum atomic E-state index is 10.8. The van der Waals surface area contributed by atoms with Crippen molar-refractivity contribution in [2.75, 3.05) is 6.54 Å². The molecule has 0 aliphatic carbocycles. The van der Waals surface area contributed by atoms with Gasteiger partial charge in [0.05, 0.1) is 0 Å². The highest BCUT2D eigenvalue weighted by Crippen LogP contribution is 1.91. The van der Waals surface area contributed by atoms with Crippen LogP contribution in [0.4, 0.5) is 0 Å². The van der Waals surface area contributed by atoms with E-state index in [2.05, 4.69) is 22.1 Å². The Bertz CT molecular complexity index is 248. The molecular weight excluding hydrogens is 180 g/mol. The van der Waals surface area contributed by atoms with Crippen molar-refractivity contribution in [3.05, 3.63) is 25.3 Å². The summed E-state index contributed by atoms with van der Waals surface area (Å²) in [6.07, 6.45) is 1.54. The lowest BCUT2D eigenvalue weighted by Gasteiger charge is -2.08. The van der Waals surface area contributed by atoms with Gasteiger partial charge in [-0.2, -0.15) is 13.1 Å². The average Bonchev–Trinajstić information content (AvgIpc) is 2.00. The highest BCUT2D eigenvalue weighted by molar-refractivity contribution is 7.84. The van der Waals surface area contributed by atoms with Gasteiger partial charge in [0.15, 0.2) is 0 Å². The Morgan fingerprint density at radius 3 is 2.58 bits per heavy atom. The van der Waals surface area contributed by atoms with E-state index in [0.717, 1.165) is 0 Å². The molecular formula is C6H12N2O3S. The summed E-state index contributed by atoms with van der Waals surface area (Å²) < 4.78 is 28.1. The van der Waals surface area contributed by atoms with Gasteiger partial charge in [-0.15, -0.1) is 6.58 Å². The third-order valence-corrected chi connectivity index (χ3v) is 1.87. The van der Waals surface area contributed by atoms with Crippen LogP contribution in [0.3, 0.4) is 0 Å². The van der Waals surface area contributed by atoms with Gasteiger partial charge in [0.25, 0.3) is 0 Å². The smallest absolute Gasteiger partial charge is 0.302 e. The van der Waals surface area contributed by atoms with Crippen molar-refractivity contribution in [1.29, 1.82) is 0 Å². The summed E-state index contributed by atoms with van der Waals surface area (Å²) in [6, 6.07) is 0. The Labute approximate surface area is 72.2 Å². The van der Waals surface area contributed by atoms with Crippen molar-refractivity contribution in [2.45, 2.75) is 6.23 Å². The first-order chi connectivity index (χ1) is 5.52. The molecule has 0 saturated heterocycles. The zero-order valence-electron chi connectivity index (χ0n) is 6.56. The molecule has 6 heteroatoms. The summed E-state index contributed by atoms with van der Waals surface area (Å²) in [5, 5.41) is 0. The minimum absolute atomic E-state index is 0.103. The molecule has 3 N–H and O–H groups in total. The van der Waals surface area contributed by atoms with Crippen LogP contribution >= 0.6 is 0 Å². The van der Waals surface area contributed by atoms with E-state index in [1.807, 2.05) is 0 Å². The van der Waals surface area contributed by atoms with Crippen LogP contribution in [0.2, 0.25) is 0 Å². The molecule has 0 aromatic heterocycles. The van der Waals surface area contributed by atoms with Crippen LogP contribution in [0.5, 0.6) is 0 Å². The van der Waals surface area contributed by atoms with E-state index < -0.39 is 16.5 Å². The minimum atomic E-state index is -3.77. The fourth-order valence-corrected chi connectivity index (χ4v) is 1.14. The molecule has 70 valence electrons. The molecule has 5 nitrogen and oxygen atoms in total. The quantitative estimate of drug-likeness (QED) is 0.439. The lowest BCUT2D eigenvalue weighted by molar-refractivity contribution is 0.259. The highest BCUT2D eigenvalue weighted by atomic mass is 32.2. The molecule has 0 fully saturated rings. The molecule has 0 spiro atoms. The predicted molar refractivity (Wildman–Crippen MR) is 46.4 cm³/mol. The van der Waals surface area contributed by atoms with Gasteiger partial charge in [-0.05, 0) is 6.08 Å². The van der Waals surface area contributed by atoms with Crippen LogP contribution in [0.1, 0.15) is 0 Å². The SMILES string of the molecule is C=CCNS(=O)(=O)OC(N)C=C. The van der Waals surface area contributed by atoms with E-state index in [9.17, 15) is 8.42 Å². The molecule has 0 aliphatic rings. The van der Waals surface area contributed by atoms with Crippen molar-refractivity contribution < 1.29 is 12.6 Å². The van der Waals surface area contributed by atoms with Crippen molar-refractivity contribution in [2.24, 2.45) is 5.73 Å². The van der Waals surface area contributed by atoms with Crippen molar-refractivity contribution >= 4 is 10.3 Å². The molecule has 0 saturated carbocycles. The Balaban J connectivity index is 4.04. The van der Waals surface area contributed by atoms with Gasteiger partial charge in [0, 0.05) is 6.54 Å². The first kappa shape index (κ1) is 11.3. The van der Waals surface area contributed by atoms with Crippen molar-refractivity contribution in [3.63, 3.8) is 0 Å². The Hall–Kier alpha value is -0.690. The van der Waals surface area contributed by atoms with Gasteiger partial charge >= 0.3 is 10.3 Å². The fourth-order valence-electron chi connectivity index (χ4n) is 0.381. The van der Waals surface area contributed by atoms with Crippen LogP contribution in [-0.4, -0.2) is 21.2 Å². The first-order valence-corrected chi connectivity index (χ1v) is 4.59. The largest absolute Gasteiger partial charge is 0.337 e. The van der Waals surface area contributed by atoms with Gasteiger partial charge in [-0.25, -0.2) is 4.18 Å². The van der Waals surface area contributed by atoms with Crippen molar-refractivity contribution in [3.8, 4) is 0 Å². The van der Waals surface area contributed by atoms with E-state index in [1.54, 1.807) is 0 Å². The maximum absolute atomic E-state index is 10.8. The van der Waals surface area contributed by atoms with Crippen LogP contribution in [0.15, 0.2) is 25.3 Å². The second-order valence-electron chi connectivity index (χ2n) is 1.89. The number of nitrogens with two attached hydrogens (primary N) is 1. The van der Waals surface area contributed by atoms with Crippen molar-refractivity contribution in [1.82, 2.24) is 4.72 Å². The van der Waals surface area contributed by atoms with E-state index in [1.165, 1.54) is 12.2 Å². The lowest BCUT2D eigenvalue weighted by Crippen LogP contribution is -2.33. The maximum Gasteiger partial charge on any atom is 0.337 e. The number of rotatable bonds is 6. The zero-order chi connectivity index (χ0) is 9.61. The molecule has 1 atom stereocenters. The third kappa shape index (κ3) is 5.03. The second kappa shape index (κ2) is 5.04. The molecule has 0 bridgehead atoms. The summed E-state index contributed by atoms with van der Waals surface area (Å²) in [7, 11) is -3.77. The zero-order valence-corrected chi connectivity index (χ0v) is 7.38.